The Balaban J connectivity index is 2.52. The van der Waals surface area contributed by atoms with Gasteiger partial charge in [0.05, 0.1) is 10.9 Å². The Kier molecular flexibility index (Phi) is 7.01. The van der Waals surface area contributed by atoms with E-state index in [0.29, 0.717) is 12.8 Å². The fourth-order valence-corrected chi connectivity index (χ4v) is 4.26. The summed E-state index contributed by atoms with van der Waals surface area (Å²) in [5, 5.41) is 11.0. The minimum Gasteiger partial charge on any atom is -0.480 e. The molecule has 0 saturated heterocycles. The van der Waals surface area contributed by atoms with Crippen LogP contribution in [0.4, 0.5) is 0 Å². The first-order valence-corrected chi connectivity index (χ1v) is 9.60. The number of rotatable bonds is 8. The topological polar surface area (TPSA) is 110 Å². The number of aliphatic carboxylic acids is 1. The predicted molar refractivity (Wildman–Crippen MR) is 85.9 cm³/mol. The number of nitrogens with one attached hydrogen (secondary N) is 1. The Morgan fingerprint density at radius 3 is 2.30 bits per heavy atom. The molecule has 7 nitrogen and oxygen atoms in total. The first kappa shape index (κ1) is 19.9. The van der Waals surface area contributed by atoms with Gasteiger partial charge in [0.2, 0.25) is 5.91 Å². The second kappa shape index (κ2) is 8.10. The van der Waals surface area contributed by atoms with Crippen LogP contribution in [0.15, 0.2) is 0 Å². The van der Waals surface area contributed by atoms with Crippen LogP contribution in [0.3, 0.4) is 0 Å². The van der Waals surface area contributed by atoms with Gasteiger partial charge in [-0.25, -0.2) is 13.2 Å². The smallest absolute Gasteiger partial charge is 0.326 e. The van der Waals surface area contributed by atoms with Gasteiger partial charge in [-0.15, -0.1) is 0 Å². The molecule has 1 atom stereocenters. The molecule has 1 unspecified atom stereocenters. The maximum atomic E-state index is 12.1. The summed E-state index contributed by atoms with van der Waals surface area (Å²) >= 11 is 0. The third-order valence-electron chi connectivity index (χ3n) is 3.72. The number of hydrogen-bond donors (Lipinski definition) is 2. The molecule has 0 aromatic rings. The van der Waals surface area contributed by atoms with Gasteiger partial charge in [0.25, 0.3) is 0 Å². The van der Waals surface area contributed by atoms with E-state index in [1.165, 1.54) is 0 Å². The molecule has 0 aliphatic heterocycles. The minimum atomic E-state index is -3.51. The van der Waals surface area contributed by atoms with Crippen molar-refractivity contribution in [1.29, 1.82) is 0 Å². The molecule has 23 heavy (non-hydrogen) atoms. The number of carboxylic acids is 1. The van der Waals surface area contributed by atoms with Crippen molar-refractivity contribution in [2.45, 2.75) is 69.8 Å². The summed E-state index contributed by atoms with van der Waals surface area (Å²) in [5.41, 5.74) is -0.404. The molecule has 0 heterocycles. The van der Waals surface area contributed by atoms with Gasteiger partial charge in [-0.3, -0.25) is 4.79 Å². The molecule has 134 valence electrons. The van der Waals surface area contributed by atoms with Gasteiger partial charge in [0, 0.05) is 13.0 Å². The normalized spacial score (nSPS) is 17.9. The van der Waals surface area contributed by atoms with Crippen molar-refractivity contribution in [2.24, 2.45) is 0 Å². The summed E-state index contributed by atoms with van der Waals surface area (Å²) in [6.45, 7) is 5.69. The highest BCUT2D eigenvalue weighted by molar-refractivity contribution is 7.92. The van der Waals surface area contributed by atoms with E-state index in [-0.39, 0.29) is 13.0 Å². The average Bonchev–Trinajstić information content (AvgIpc) is 2.89. The van der Waals surface area contributed by atoms with Gasteiger partial charge in [-0.2, -0.15) is 0 Å². The van der Waals surface area contributed by atoms with Gasteiger partial charge in [0.1, 0.15) is 11.8 Å². The fourth-order valence-electron chi connectivity index (χ4n) is 2.52. The Labute approximate surface area is 137 Å². The van der Waals surface area contributed by atoms with E-state index in [0.717, 1.165) is 12.8 Å². The third-order valence-corrected chi connectivity index (χ3v) is 5.87. The Hall–Kier alpha value is -1.15. The number of sulfone groups is 1. The van der Waals surface area contributed by atoms with Crippen LogP contribution in [0.5, 0.6) is 0 Å². The quantitative estimate of drug-likeness (QED) is 0.679. The predicted octanol–water partition coefficient (Wildman–Crippen LogP) is 1.12. The van der Waals surface area contributed by atoms with Crippen LogP contribution in [0.25, 0.3) is 0 Å². The van der Waals surface area contributed by atoms with Crippen molar-refractivity contribution in [2.75, 3.05) is 12.4 Å². The molecule has 0 spiro atoms. The van der Waals surface area contributed by atoms with Crippen LogP contribution in [0, 0.1) is 0 Å². The second-order valence-corrected chi connectivity index (χ2v) is 9.20. The molecule has 0 aromatic heterocycles. The Bertz CT molecular complexity index is 517. The first-order valence-electron chi connectivity index (χ1n) is 7.89. The molecule has 0 aromatic carbocycles. The average molecular weight is 349 g/mol. The van der Waals surface area contributed by atoms with Crippen LogP contribution in [0.2, 0.25) is 0 Å². The molecule has 1 aliphatic rings. The second-order valence-electron chi connectivity index (χ2n) is 6.92. The highest BCUT2D eigenvalue weighted by Crippen LogP contribution is 2.25. The molecular formula is C15H27NO6S. The summed E-state index contributed by atoms with van der Waals surface area (Å²) in [5.74, 6) is -2.61. The SMILES string of the molecule is CC(C)(C)OCCC(NC(=O)CS(=O)(=O)C1CCCC1)C(=O)O. The highest BCUT2D eigenvalue weighted by Gasteiger charge is 2.32. The van der Waals surface area contributed by atoms with Gasteiger partial charge in [-0.05, 0) is 33.6 Å². The molecule has 2 N–H and O–H groups in total. The zero-order valence-electron chi connectivity index (χ0n) is 14.0. The molecule has 0 radical (unpaired) electrons. The molecule has 1 aliphatic carbocycles. The van der Waals surface area contributed by atoms with E-state index in [2.05, 4.69) is 5.32 Å². The lowest BCUT2D eigenvalue weighted by Gasteiger charge is -2.21. The van der Waals surface area contributed by atoms with Crippen molar-refractivity contribution in [3.63, 3.8) is 0 Å². The molecule has 1 saturated carbocycles. The number of carbonyl (C=O) groups excluding carboxylic acids is 1. The molecule has 1 amide bonds. The standard InChI is InChI=1S/C15H27NO6S/c1-15(2,3)22-9-8-12(14(18)19)16-13(17)10-23(20,21)11-6-4-5-7-11/h11-12H,4-10H2,1-3H3,(H,16,17)(H,18,19). The lowest BCUT2D eigenvalue weighted by molar-refractivity contribution is -0.142. The van der Waals surface area contributed by atoms with Crippen molar-refractivity contribution < 1.29 is 27.9 Å². The highest BCUT2D eigenvalue weighted by atomic mass is 32.2. The van der Waals surface area contributed by atoms with Gasteiger partial charge in [-0.1, -0.05) is 12.8 Å². The van der Waals surface area contributed by atoms with E-state index < -0.39 is 44.4 Å². The van der Waals surface area contributed by atoms with E-state index in [1.54, 1.807) is 0 Å². The first-order chi connectivity index (χ1) is 10.5. The monoisotopic (exact) mass is 349 g/mol. The van der Waals surface area contributed by atoms with Crippen LogP contribution >= 0.6 is 0 Å². The zero-order chi connectivity index (χ0) is 17.7. The van der Waals surface area contributed by atoms with Crippen molar-refractivity contribution in [3.05, 3.63) is 0 Å². The van der Waals surface area contributed by atoms with Crippen LogP contribution in [-0.2, 0) is 24.2 Å². The van der Waals surface area contributed by atoms with E-state index in [1.807, 2.05) is 20.8 Å². The third kappa shape index (κ3) is 7.30. The number of carboxylic acid groups (broad SMARTS) is 1. The minimum absolute atomic E-state index is 0.0851. The fraction of sp³-hybridized carbons (Fsp3) is 0.867. The largest absolute Gasteiger partial charge is 0.480 e. The summed E-state index contributed by atoms with van der Waals surface area (Å²) < 4.78 is 29.7. The maximum Gasteiger partial charge on any atom is 0.326 e. The van der Waals surface area contributed by atoms with E-state index >= 15 is 0 Å². The van der Waals surface area contributed by atoms with Crippen molar-refractivity contribution in [1.82, 2.24) is 5.32 Å². The molecule has 1 fully saturated rings. The van der Waals surface area contributed by atoms with Crippen molar-refractivity contribution >= 4 is 21.7 Å². The van der Waals surface area contributed by atoms with Gasteiger partial charge >= 0.3 is 5.97 Å². The van der Waals surface area contributed by atoms with Crippen LogP contribution < -0.4 is 5.32 Å². The lowest BCUT2D eigenvalue weighted by atomic mass is 10.2. The number of ether oxygens (including phenoxy) is 1. The Morgan fingerprint density at radius 2 is 1.83 bits per heavy atom. The Morgan fingerprint density at radius 1 is 1.26 bits per heavy atom. The van der Waals surface area contributed by atoms with Gasteiger partial charge in [0.15, 0.2) is 9.84 Å². The molecule has 8 heteroatoms. The van der Waals surface area contributed by atoms with Gasteiger partial charge < -0.3 is 15.2 Å². The van der Waals surface area contributed by atoms with Crippen LogP contribution in [-0.4, -0.2) is 54.7 Å². The van der Waals surface area contributed by atoms with Crippen molar-refractivity contribution in [3.8, 4) is 0 Å². The number of hydrogen-bond acceptors (Lipinski definition) is 5. The van der Waals surface area contributed by atoms with E-state index in [9.17, 15) is 18.0 Å². The zero-order valence-corrected chi connectivity index (χ0v) is 14.8. The summed E-state index contributed by atoms with van der Waals surface area (Å²) in [6, 6.07) is -1.15. The summed E-state index contributed by atoms with van der Waals surface area (Å²) in [4.78, 5) is 23.1. The number of amides is 1. The van der Waals surface area contributed by atoms with E-state index in [4.69, 9.17) is 9.84 Å². The summed E-state index contributed by atoms with van der Waals surface area (Å²) in [7, 11) is -3.51. The maximum absolute atomic E-state index is 12.1. The molecule has 0 bridgehead atoms. The number of carbonyl (C=O) groups is 2. The van der Waals surface area contributed by atoms with Crippen LogP contribution in [0.1, 0.15) is 52.9 Å². The lowest BCUT2D eigenvalue weighted by Crippen LogP contribution is -2.45. The molecular weight excluding hydrogens is 322 g/mol. The summed E-state index contributed by atoms with van der Waals surface area (Å²) in [6.07, 6.45) is 2.96. The molecule has 1 rings (SSSR count).